The van der Waals surface area contributed by atoms with Crippen LogP contribution in [0.2, 0.25) is 0 Å². The van der Waals surface area contributed by atoms with Gasteiger partial charge in [-0.05, 0) is 18.2 Å². The number of ether oxygens (including phenoxy) is 1. The second kappa shape index (κ2) is 5.01. The van der Waals surface area contributed by atoms with E-state index in [0.717, 1.165) is 0 Å². The first-order valence-electron chi connectivity index (χ1n) is 4.48. The van der Waals surface area contributed by atoms with Gasteiger partial charge in [-0.1, -0.05) is 0 Å². The number of phenols is 1. The summed E-state index contributed by atoms with van der Waals surface area (Å²) < 4.78 is 4.36. The molecule has 0 saturated heterocycles. The monoisotopic (exact) mass is 224 g/mol. The Balaban J connectivity index is 2.66. The highest BCUT2D eigenvalue weighted by atomic mass is 16.5. The maximum absolute atomic E-state index is 11.5. The van der Waals surface area contributed by atoms with Gasteiger partial charge < -0.3 is 20.9 Å². The molecule has 1 aromatic rings. The Bertz CT molecular complexity index is 417. The molecule has 0 saturated carbocycles. The van der Waals surface area contributed by atoms with Crippen LogP contribution in [-0.4, -0.2) is 30.6 Å². The average molecular weight is 224 g/mol. The second-order valence-corrected chi connectivity index (χ2v) is 3.03. The number of hydrogen-bond donors (Lipinski definition) is 3. The summed E-state index contributed by atoms with van der Waals surface area (Å²) in [6.45, 7) is -0.222. The van der Waals surface area contributed by atoms with E-state index in [1.54, 1.807) is 0 Å². The normalized spacial score (nSPS) is 9.56. The van der Waals surface area contributed by atoms with E-state index in [0.29, 0.717) is 0 Å². The van der Waals surface area contributed by atoms with E-state index >= 15 is 0 Å². The van der Waals surface area contributed by atoms with E-state index < -0.39 is 11.9 Å². The lowest BCUT2D eigenvalue weighted by atomic mass is 10.2. The standard InChI is InChI=1S/C10H12N2O4/c1-16-9(14)5-12-10(15)6-2-3-7(11)8(13)4-6/h2-4,13H,5,11H2,1H3,(H,12,15). The third-order valence-corrected chi connectivity index (χ3v) is 1.91. The number of benzene rings is 1. The van der Waals surface area contributed by atoms with Crippen LogP contribution in [-0.2, 0) is 9.53 Å². The summed E-state index contributed by atoms with van der Waals surface area (Å²) in [6.07, 6.45) is 0. The summed E-state index contributed by atoms with van der Waals surface area (Å²) >= 11 is 0. The minimum absolute atomic E-state index is 0.175. The molecule has 6 heteroatoms. The quantitative estimate of drug-likeness (QED) is 0.377. The van der Waals surface area contributed by atoms with Gasteiger partial charge in [0, 0.05) is 5.56 Å². The topological polar surface area (TPSA) is 102 Å². The Hall–Kier alpha value is -2.24. The SMILES string of the molecule is COC(=O)CNC(=O)c1ccc(N)c(O)c1. The lowest BCUT2D eigenvalue weighted by Gasteiger charge is -2.05. The molecule has 16 heavy (non-hydrogen) atoms. The Morgan fingerprint density at radius 2 is 2.19 bits per heavy atom. The molecule has 0 bridgehead atoms. The molecule has 0 aliphatic heterocycles. The molecule has 0 aromatic heterocycles. The molecule has 1 aromatic carbocycles. The van der Waals surface area contributed by atoms with Crippen LogP contribution in [0.1, 0.15) is 10.4 Å². The smallest absolute Gasteiger partial charge is 0.325 e. The third kappa shape index (κ3) is 2.88. The lowest BCUT2D eigenvalue weighted by molar-refractivity contribution is -0.139. The molecule has 86 valence electrons. The van der Waals surface area contributed by atoms with Gasteiger partial charge in [0.25, 0.3) is 5.91 Å². The fraction of sp³-hybridized carbons (Fsp3) is 0.200. The number of rotatable bonds is 3. The van der Waals surface area contributed by atoms with Crippen molar-refractivity contribution in [2.24, 2.45) is 0 Å². The highest BCUT2D eigenvalue weighted by Gasteiger charge is 2.09. The van der Waals surface area contributed by atoms with Crippen LogP contribution in [0.3, 0.4) is 0 Å². The first-order chi connectivity index (χ1) is 7.54. The number of nitrogen functional groups attached to an aromatic ring is 1. The summed E-state index contributed by atoms with van der Waals surface area (Å²) in [5.74, 6) is -1.21. The molecule has 0 fully saturated rings. The van der Waals surface area contributed by atoms with Gasteiger partial charge in [-0.15, -0.1) is 0 Å². The highest BCUT2D eigenvalue weighted by molar-refractivity contribution is 5.96. The number of amides is 1. The molecular weight excluding hydrogens is 212 g/mol. The van der Waals surface area contributed by atoms with Gasteiger partial charge in [0.2, 0.25) is 0 Å². The predicted octanol–water partition coefficient (Wildman–Crippen LogP) is -0.123. The number of carbonyl (C=O) groups excluding carboxylic acids is 2. The van der Waals surface area contributed by atoms with E-state index in [-0.39, 0.29) is 23.5 Å². The molecule has 6 nitrogen and oxygen atoms in total. The predicted molar refractivity (Wildman–Crippen MR) is 56.9 cm³/mol. The van der Waals surface area contributed by atoms with Crippen LogP contribution in [0, 0.1) is 0 Å². The van der Waals surface area contributed by atoms with E-state index in [1.165, 1.54) is 25.3 Å². The van der Waals surface area contributed by atoms with Crippen LogP contribution in [0.4, 0.5) is 5.69 Å². The summed E-state index contributed by atoms with van der Waals surface area (Å²) in [5, 5.41) is 11.6. The van der Waals surface area contributed by atoms with Gasteiger partial charge in [0.05, 0.1) is 12.8 Å². The van der Waals surface area contributed by atoms with Crippen molar-refractivity contribution in [1.82, 2.24) is 5.32 Å². The Morgan fingerprint density at radius 3 is 2.75 bits per heavy atom. The van der Waals surface area contributed by atoms with Crippen molar-refractivity contribution in [2.75, 3.05) is 19.4 Å². The van der Waals surface area contributed by atoms with Crippen molar-refractivity contribution in [3.05, 3.63) is 23.8 Å². The minimum Gasteiger partial charge on any atom is -0.506 e. The lowest BCUT2D eigenvalue weighted by Crippen LogP contribution is -2.30. The first kappa shape index (κ1) is 11.8. The summed E-state index contributed by atoms with van der Waals surface area (Å²) in [5.41, 5.74) is 5.78. The molecule has 4 N–H and O–H groups in total. The highest BCUT2D eigenvalue weighted by Crippen LogP contribution is 2.20. The molecule has 0 heterocycles. The van der Waals surface area contributed by atoms with Crippen molar-refractivity contribution >= 4 is 17.6 Å². The molecule has 1 rings (SSSR count). The molecule has 0 spiro atoms. The largest absolute Gasteiger partial charge is 0.506 e. The fourth-order valence-electron chi connectivity index (χ4n) is 1.01. The van der Waals surface area contributed by atoms with E-state index in [9.17, 15) is 14.7 Å². The van der Waals surface area contributed by atoms with Crippen LogP contribution in [0.25, 0.3) is 0 Å². The van der Waals surface area contributed by atoms with Crippen molar-refractivity contribution in [3.8, 4) is 5.75 Å². The molecular formula is C10H12N2O4. The Kier molecular flexibility index (Phi) is 3.71. The zero-order chi connectivity index (χ0) is 12.1. The van der Waals surface area contributed by atoms with Crippen molar-refractivity contribution in [3.63, 3.8) is 0 Å². The number of phenolic OH excluding ortho intramolecular Hbond substituents is 1. The molecule has 0 aliphatic rings. The van der Waals surface area contributed by atoms with Gasteiger partial charge in [-0.25, -0.2) is 0 Å². The number of methoxy groups -OCH3 is 1. The van der Waals surface area contributed by atoms with Gasteiger partial charge in [-0.3, -0.25) is 9.59 Å². The molecule has 0 unspecified atom stereocenters. The van der Waals surface area contributed by atoms with Gasteiger partial charge >= 0.3 is 5.97 Å². The van der Waals surface area contributed by atoms with Crippen LogP contribution in [0.15, 0.2) is 18.2 Å². The first-order valence-corrected chi connectivity index (χ1v) is 4.48. The zero-order valence-corrected chi connectivity index (χ0v) is 8.69. The third-order valence-electron chi connectivity index (χ3n) is 1.91. The van der Waals surface area contributed by atoms with Gasteiger partial charge in [0.15, 0.2) is 0 Å². The van der Waals surface area contributed by atoms with Gasteiger partial charge in [-0.2, -0.15) is 0 Å². The number of anilines is 1. The number of hydrogen-bond acceptors (Lipinski definition) is 5. The summed E-state index contributed by atoms with van der Waals surface area (Å²) in [6, 6.07) is 4.08. The van der Waals surface area contributed by atoms with E-state index in [1.807, 2.05) is 0 Å². The average Bonchev–Trinajstić information content (AvgIpc) is 2.29. The number of carbonyl (C=O) groups is 2. The maximum atomic E-state index is 11.5. The Morgan fingerprint density at radius 1 is 1.50 bits per heavy atom. The van der Waals surface area contributed by atoms with Crippen LogP contribution < -0.4 is 11.1 Å². The number of aromatic hydroxyl groups is 1. The van der Waals surface area contributed by atoms with E-state index in [4.69, 9.17) is 5.73 Å². The number of esters is 1. The van der Waals surface area contributed by atoms with Crippen molar-refractivity contribution in [2.45, 2.75) is 0 Å². The summed E-state index contributed by atoms with van der Waals surface area (Å²) in [7, 11) is 1.23. The van der Waals surface area contributed by atoms with E-state index in [2.05, 4.69) is 10.1 Å². The zero-order valence-electron chi connectivity index (χ0n) is 8.69. The van der Waals surface area contributed by atoms with Gasteiger partial charge in [0.1, 0.15) is 12.3 Å². The number of nitrogens with one attached hydrogen (secondary N) is 1. The van der Waals surface area contributed by atoms with Crippen molar-refractivity contribution < 1.29 is 19.4 Å². The van der Waals surface area contributed by atoms with Crippen molar-refractivity contribution in [1.29, 1.82) is 0 Å². The summed E-state index contributed by atoms with van der Waals surface area (Å²) in [4.78, 5) is 22.2. The number of nitrogens with two attached hydrogens (primary N) is 1. The van der Waals surface area contributed by atoms with Crippen LogP contribution in [0.5, 0.6) is 5.75 Å². The minimum atomic E-state index is -0.548. The fourth-order valence-corrected chi connectivity index (χ4v) is 1.01. The second-order valence-electron chi connectivity index (χ2n) is 3.03. The molecule has 0 radical (unpaired) electrons. The maximum Gasteiger partial charge on any atom is 0.325 e. The Labute approximate surface area is 92.0 Å². The van der Waals surface area contributed by atoms with Crippen LogP contribution >= 0.6 is 0 Å². The molecule has 0 atom stereocenters. The molecule has 1 amide bonds. The molecule has 0 aliphatic carbocycles.